The van der Waals surface area contributed by atoms with E-state index in [1.807, 2.05) is 0 Å². The summed E-state index contributed by atoms with van der Waals surface area (Å²) >= 11 is 0. The summed E-state index contributed by atoms with van der Waals surface area (Å²) in [5.74, 6) is 1.29. The number of benzene rings is 1. The van der Waals surface area contributed by atoms with Gasteiger partial charge in [0.15, 0.2) is 0 Å². The average molecular weight is 297 g/mol. The lowest BCUT2D eigenvalue weighted by molar-refractivity contribution is 0.0530. The Morgan fingerprint density at radius 1 is 1.18 bits per heavy atom. The van der Waals surface area contributed by atoms with E-state index >= 15 is 0 Å². The highest BCUT2D eigenvalue weighted by Gasteiger charge is 2.63. The predicted octanol–water partition coefficient (Wildman–Crippen LogP) is 3.79. The molecule has 1 saturated heterocycles. The fourth-order valence-corrected chi connectivity index (χ4v) is 6.02. The van der Waals surface area contributed by atoms with Crippen LogP contribution >= 0.6 is 0 Å². The molecule has 2 nitrogen and oxygen atoms in total. The van der Waals surface area contributed by atoms with Crippen LogP contribution in [-0.2, 0) is 6.42 Å². The molecule has 0 bridgehead atoms. The van der Waals surface area contributed by atoms with E-state index in [-0.39, 0.29) is 6.10 Å². The lowest BCUT2D eigenvalue weighted by Crippen LogP contribution is -2.36. The molecule has 1 N–H and O–H groups in total. The molecule has 4 aliphatic rings. The van der Waals surface area contributed by atoms with Gasteiger partial charge in [-0.25, -0.2) is 0 Å². The van der Waals surface area contributed by atoms with Gasteiger partial charge in [0.1, 0.15) is 0 Å². The van der Waals surface area contributed by atoms with Crippen LogP contribution < -0.4 is 4.90 Å². The molecule has 1 aliphatic heterocycles. The molecule has 2 heteroatoms. The van der Waals surface area contributed by atoms with Crippen molar-refractivity contribution in [1.82, 2.24) is 0 Å². The van der Waals surface area contributed by atoms with E-state index in [4.69, 9.17) is 0 Å². The van der Waals surface area contributed by atoms with E-state index in [2.05, 4.69) is 24.0 Å². The van der Waals surface area contributed by atoms with Gasteiger partial charge in [0.25, 0.3) is 0 Å². The molecule has 0 amide bonds. The fourth-order valence-electron chi connectivity index (χ4n) is 6.02. The van der Waals surface area contributed by atoms with Crippen molar-refractivity contribution >= 4 is 5.69 Å². The van der Waals surface area contributed by atoms with Gasteiger partial charge in [-0.15, -0.1) is 0 Å². The molecule has 3 fully saturated rings. The summed E-state index contributed by atoms with van der Waals surface area (Å²) in [6.07, 6.45) is 8.79. The minimum absolute atomic E-state index is 0.102. The first-order valence-corrected chi connectivity index (χ1v) is 9.25. The van der Waals surface area contributed by atoms with Gasteiger partial charge in [-0.1, -0.05) is 12.5 Å². The lowest BCUT2D eigenvalue weighted by Gasteiger charge is -2.42. The van der Waals surface area contributed by atoms with Gasteiger partial charge in [0, 0.05) is 24.7 Å². The molecule has 4 atom stereocenters. The van der Waals surface area contributed by atoms with Gasteiger partial charge in [0.2, 0.25) is 0 Å². The Morgan fingerprint density at radius 3 is 2.82 bits per heavy atom. The van der Waals surface area contributed by atoms with Gasteiger partial charge in [0.05, 0.1) is 6.10 Å². The fraction of sp³-hybridized carbons (Fsp3) is 0.700. The topological polar surface area (TPSA) is 23.5 Å². The first kappa shape index (κ1) is 13.4. The summed E-state index contributed by atoms with van der Waals surface area (Å²) in [7, 11) is 0. The van der Waals surface area contributed by atoms with Gasteiger partial charge < -0.3 is 10.0 Å². The molecular weight excluding hydrogens is 270 g/mol. The zero-order valence-corrected chi connectivity index (χ0v) is 13.6. The zero-order valence-electron chi connectivity index (χ0n) is 13.6. The minimum atomic E-state index is -0.102. The highest BCUT2D eigenvalue weighted by atomic mass is 16.3. The Labute approximate surface area is 133 Å². The summed E-state index contributed by atoms with van der Waals surface area (Å²) in [6, 6.07) is 4.93. The maximum Gasteiger partial charge on any atom is 0.0614 e. The largest absolute Gasteiger partial charge is 0.392 e. The van der Waals surface area contributed by atoms with Crippen molar-refractivity contribution < 1.29 is 5.11 Å². The zero-order chi connectivity index (χ0) is 14.9. The molecule has 22 heavy (non-hydrogen) atoms. The van der Waals surface area contributed by atoms with Crippen LogP contribution in [0.1, 0.15) is 61.1 Å². The number of fused-ring (bicyclic) bond motifs is 2. The number of anilines is 1. The third kappa shape index (κ3) is 1.71. The van der Waals surface area contributed by atoms with Crippen LogP contribution in [-0.4, -0.2) is 24.3 Å². The highest BCUT2D eigenvalue weighted by molar-refractivity contribution is 5.60. The maximum atomic E-state index is 10.7. The number of aliphatic hydroxyl groups is 1. The van der Waals surface area contributed by atoms with Crippen molar-refractivity contribution in [3.8, 4) is 0 Å². The van der Waals surface area contributed by atoms with Gasteiger partial charge in [-0.05, 0) is 79.5 Å². The molecule has 1 aromatic carbocycles. The van der Waals surface area contributed by atoms with Gasteiger partial charge in [-0.2, -0.15) is 0 Å². The lowest BCUT2D eigenvalue weighted by atomic mass is 9.65. The van der Waals surface area contributed by atoms with Crippen molar-refractivity contribution in [3.05, 3.63) is 28.8 Å². The number of nitrogens with zero attached hydrogens (tertiary/aromatic N) is 1. The van der Waals surface area contributed by atoms with Crippen LogP contribution in [0.5, 0.6) is 0 Å². The Morgan fingerprint density at radius 2 is 2.00 bits per heavy atom. The third-order valence-electron chi connectivity index (χ3n) is 7.13. The number of hydrogen-bond acceptors (Lipinski definition) is 2. The van der Waals surface area contributed by atoms with Gasteiger partial charge in [-0.3, -0.25) is 0 Å². The summed E-state index contributed by atoms with van der Waals surface area (Å²) < 4.78 is 0. The molecule has 1 heterocycles. The Kier molecular flexibility index (Phi) is 2.75. The molecule has 1 spiro atoms. The maximum absolute atomic E-state index is 10.7. The predicted molar refractivity (Wildman–Crippen MR) is 89.5 cm³/mol. The Hall–Kier alpha value is -1.02. The van der Waals surface area contributed by atoms with Crippen LogP contribution in [0.3, 0.4) is 0 Å². The van der Waals surface area contributed by atoms with Crippen molar-refractivity contribution in [1.29, 1.82) is 0 Å². The quantitative estimate of drug-likeness (QED) is 0.852. The van der Waals surface area contributed by atoms with Gasteiger partial charge >= 0.3 is 0 Å². The van der Waals surface area contributed by atoms with Crippen molar-refractivity contribution in [2.24, 2.45) is 11.3 Å². The Balaban J connectivity index is 1.59. The molecular formula is C20H27NO. The second kappa shape index (κ2) is 4.50. The van der Waals surface area contributed by atoms with Crippen LogP contribution in [0.25, 0.3) is 0 Å². The number of rotatable bonds is 1. The van der Waals surface area contributed by atoms with Crippen LogP contribution in [0, 0.1) is 18.3 Å². The van der Waals surface area contributed by atoms with E-state index in [0.717, 1.165) is 12.3 Å². The normalized spacial score (nSPS) is 39.2. The second-order valence-corrected chi connectivity index (χ2v) is 8.31. The molecule has 118 valence electrons. The molecule has 1 aromatic rings. The third-order valence-corrected chi connectivity index (χ3v) is 7.13. The molecule has 3 aliphatic carbocycles. The Bertz CT molecular complexity index is 618. The first-order chi connectivity index (χ1) is 10.7. The van der Waals surface area contributed by atoms with E-state index in [1.165, 1.54) is 68.4 Å². The SMILES string of the molecule is Cc1cc2c(cc1N1CCCC1)CC1CC13CCCC(O)C23. The second-order valence-electron chi connectivity index (χ2n) is 8.31. The summed E-state index contributed by atoms with van der Waals surface area (Å²) in [5, 5.41) is 10.7. The molecule has 0 aromatic heterocycles. The van der Waals surface area contributed by atoms with Crippen LogP contribution in [0.15, 0.2) is 12.1 Å². The number of aliphatic hydroxyl groups excluding tert-OH is 1. The summed E-state index contributed by atoms with van der Waals surface area (Å²) in [5.41, 5.74) is 6.42. The standard InChI is InChI=1S/C20H27NO/c1-13-9-16-14(11-17(13)21-7-2-3-8-21)10-15-12-20(15)6-4-5-18(22)19(16)20/h9,11,15,18-19,22H,2-8,10,12H2,1H3. The minimum Gasteiger partial charge on any atom is -0.392 e. The van der Waals surface area contributed by atoms with Crippen molar-refractivity contribution in [2.75, 3.05) is 18.0 Å². The van der Waals surface area contributed by atoms with Crippen LogP contribution in [0.2, 0.25) is 0 Å². The monoisotopic (exact) mass is 297 g/mol. The average Bonchev–Trinajstić information content (AvgIpc) is 2.94. The number of hydrogen-bond donors (Lipinski definition) is 1. The highest BCUT2D eigenvalue weighted by Crippen LogP contribution is 2.71. The van der Waals surface area contributed by atoms with E-state index in [0.29, 0.717) is 11.3 Å². The molecule has 0 radical (unpaired) electrons. The van der Waals surface area contributed by atoms with E-state index < -0.39 is 0 Å². The van der Waals surface area contributed by atoms with E-state index in [9.17, 15) is 5.11 Å². The van der Waals surface area contributed by atoms with Crippen LogP contribution in [0.4, 0.5) is 5.69 Å². The number of aryl methyl sites for hydroxylation is 1. The summed E-state index contributed by atoms with van der Waals surface area (Å²) in [4.78, 5) is 2.57. The molecule has 2 saturated carbocycles. The smallest absolute Gasteiger partial charge is 0.0614 e. The van der Waals surface area contributed by atoms with Crippen molar-refractivity contribution in [3.63, 3.8) is 0 Å². The molecule has 4 unspecified atom stereocenters. The summed E-state index contributed by atoms with van der Waals surface area (Å²) in [6.45, 7) is 4.72. The first-order valence-electron chi connectivity index (χ1n) is 9.25. The van der Waals surface area contributed by atoms with Crippen molar-refractivity contribution in [2.45, 2.75) is 63.9 Å². The van der Waals surface area contributed by atoms with E-state index in [1.54, 1.807) is 5.56 Å². The molecule has 5 rings (SSSR count).